The summed E-state index contributed by atoms with van der Waals surface area (Å²) in [6.45, 7) is 0. The Balaban J connectivity index is 1.26. The van der Waals surface area contributed by atoms with Crippen molar-refractivity contribution in [2.75, 3.05) is 4.90 Å². The van der Waals surface area contributed by atoms with Crippen LogP contribution in [0.25, 0.3) is 76.9 Å². The molecule has 0 N–H and O–H groups in total. The molecule has 230 valence electrons. The molecule has 3 heteroatoms. The lowest BCUT2D eigenvalue weighted by Crippen LogP contribution is -2.10. The number of benzene rings is 8. The zero-order valence-electron chi connectivity index (χ0n) is 26.5. The number of furan rings is 2. The van der Waals surface area contributed by atoms with Crippen LogP contribution in [0.1, 0.15) is 0 Å². The largest absolute Gasteiger partial charge is 0.455 e. The lowest BCUT2D eigenvalue weighted by atomic mass is 9.98. The molecule has 8 aromatic carbocycles. The molecule has 0 atom stereocenters. The molecule has 3 nitrogen and oxygen atoms in total. The number of hydrogen-bond donors (Lipinski definition) is 0. The van der Waals surface area contributed by atoms with E-state index in [0.29, 0.717) is 0 Å². The van der Waals surface area contributed by atoms with Crippen molar-refractivity contribution < 1.29 is 8.83 Å². The van der Waals surface area contributed by atoms with E-state index in [1.807, 2.05) is 12.1 Å². The second kappa shape index (κ2) is 11.0. The Morgan fingerprint density at radius 1 is 0.306 bits per heavy atom. The third kappa shape index (κ3) is 4.37. The fourth-order valence-corrected chi connectivity index (χ4v) is 7.40. The van der Waals surface area contributed by atoms with Gasteiger partial charge in [0.1, 0.15) is 22.3 Å². The highest BCUT2D eigenvalue weighted by Gasteiger charge is 2.25. The standard InChI is InChI=1S/C46H29NO2/c1-3-12-30(13-4-1)32-22-26-34(27-23-32)47(35-28-24-33(25-29-35)31-14-5-2-6-15-31)39-19-11-21-41-44(39)42-36-16-7-8-17-37(36)45-43(46(42)49-41)38-18-9-10-20-40(38)48-45/h1-29H. The molecular weight excluding hydrogens is 599 g/mol. The molecule has 0 aliphatic heterocycles. The van der Waals surface area contributed by atoms with Crippen molar-refractivity contribution in [3.63, 3.8) is 0 Å². The molecule has 49 heavy (non-hydrogen) atoms. The molecule has 0 aliphatic rings. The smallest absolute Gasteiger partial charge is 0.147 e. The third-order valence-corrected chi connectivity index (χ3v) is 9.66. The molecule has 0 spiro atoms. The SMILES string of the molecule is c1ccc(-c2ccc(N(c3ccc(-c4ccccc4)cc3)c3cccc4oc5c6c7ccccc7oc6c6ccccc6c5c34)cc2)cc1. The van der Waals surface area contributed by atoms with E-state index in [-0.39, 0.29) is 0 Å². The Morgan fingerprint density at radius 3 is 1.43 bits per heavy atom. The van der Waals surface area contributed by atoms with Crippen LogP contribution in [-0.2, 0) is 0 Å². The van der Waals surface area contributed by atoms with E-state index in [9.17, 15) is 0 Å². The number of anilines is 3. The van der Waals surface area contributed by atoms with E-state index in [4.69, 9.17) is 8.83 Å². The van der Waals surface area contributed by atoms with Crippen LogP contribution in [0.15, 0.2) is 185 Å². The summed E-state index contributed by atoms with van der Waals surface area (Å²) in [5, 5.41) is 6.40. The van der Waals surface area contributed by atoms with Gasteiger partial charge in [0.25, 0.3) is 0 Å². The first-order chi connectivity index (χ1) is 24.3. The van der Waals surface area contributed by atoms with Crippen molar-refractivity contribution in [2.45, 2.75) is 0 Å². The number of para-hydroxylation sites is 1. The molecule has 0 aliphatic carbocycles. The Hall–Kier alpha value is -6.58. The summed E-state index contributed by atoms with van der Waals surface area (Å²) in [4.78, 5) is 2.35. The van der Waals surface area contributed by atoms with Gasteiger partial charge in [0.05, 0.1) is 16.5 Å². The van der Waals surface area contributed by atoms with Gasteiger partial charge in [0, 0.05) is 27.5 Å². The molecule has 0 saturated heterocycles. The Labute approximate surface area is 282 Å². The summed E-state index contributed by atoms with van der Waals surface area (Å²) in [5.41, 5.74) is 11.3. The molecule has 2 aromatic heterocycles. The average Bonchev–Trinajstić information content (AvgIpc) is 3.76. The first kappa shape index (κ1) is 27.5. The van der Waals surface area contributed by atoms with E-state index < -0.39 is 0 Å². The minimum Gasteiger partial charge on any atom is -0.455 e. The first-order valence-electron chi connectivity index (χ1n) is 16.6. The van der Waals surface area contributed by atoms with Gasteiger partial charge >= 0.3 is 0 Å². The van der Waals surface area contributed by atoms with Crippen LogP contribution in [0.3, 0.4) is 0 Å². The van der Waals surface area contributed by atoms with Gasteiger partial charge in [0.2, 0.25) is 0 Å². The lowest BCUT2D eigenvalue weighted by molar-refractivity contribution is 0.665. The summed E-state index contributed by atoms with van der Waals surface area (Å²) < 4.78 is 13.4. The van der Waals surface area contributed by atoms with E-state index in [2.05, 4.69) is 169 Å². The summed E-state index contributed by atoms with van der Waals surface area (Å²) in [6.07, 6.45) is 0. The summed E-state index contributed by atoms with van der Waals surface area (Å²) in [7, 11) is 0. The maximum absolute atomic E-state index is 6.87. The second-order valence-electron chi connectivity index (χ2n) is 12.5. The fraction of sp³-hybridized carbons (Fsp3) is 0. The number of hydrogen-bond acceptors (Lipinski definition) is 3. The predicted octanol–water partition coefficient (Wildman–Crippen LogP) is 13.4. The minimum atomic E-state index is 0.835. The molecule has 0 radical (unpaired) electrons. The predicted molar refractivity (Wildman–Crippen MR) is 204 cm³/mol. The van der Waals surface area contributed by atoms with Crippen LogP contribution in [0.4, 0.5) is 17.1 Å². The van der Waals surface area contributed by atoms with Crippen molar-refractivity contribution in [1.29, 1.82) is 0 Å². The van der Waals surface area contributed by atoms with Gasteiger partial charge < -0.3 is 13.7 Å². The van der Waals surface area contributed by atoms with Crippen molar-refractivity contribution in [3.05, 3.63) is 176 Å². The molecule has 2 heterocycles. The van der Waals surface area contributed by atoms with Crippen molar-refractivity contribution in [1.82, 2.24) is 0 Å². The van der Waals surface area contributed by atoms with Gasteiger partial charge in [-0.15, -0.1) is 0 Å². The van der Waals surface area contributed by atoms with E-state index >= 15 is 0 Å². The normalized spacial score (nSPS) is 11.7. The van der Waals surface area contributed by atoms with Crippen LogP contribution in [0, 0.1) is 0 Å². The number of rotatable bonds is 5. The molecule has 0 saturated carbocycles. The molecule has 0 bridgehead atoms. The number of nitrogens with zero attached hydrogens (tertiary/aromatic N) is 1. The highest BCUT2D eigenvalue weighted by molar-refractivity contribution is 6.35. The van der Waals surface area contributed by atoms with E-state index in [1.54, 1.807) is 0 Å². The third-order valence-electron chi connectivity index (χ3n) is 9.66. The maximum Gasteiger partial charge on any atom is 0.147 e. The second-order valence-corrected chi connectivity index (χ2v) is 12.5. The zero-order valence-corrected chi connectivity index (χ0v) is 26.5. The topological polar surface area (TPSA) is 29.5 Å². The van der Waals surface area contributed by atoms with Crippen LogP contribution >= 0.6 is 0 Å². The number of fused-ring (bicyclic) bond motifs is 10. The van der Waals surface area contributed by atoms with Gasteiger partial charge in [-0.25, -0.2) is 0 Å². The Morgan fingerprint density at radius 2 is 0.796 bits per heavy atom. The Kier molecular flexibility index (Phi) is 6.18. The summed E-state index contributed by atoms with van der Waals surface area (Å²) >= 11 is 0. The van der Waals surface area contributed by atoms with Crippen LogP contribution in [0.5, 0.6) is 0 Å². The van der Waals surface area contributed by atoms with Gasteiger partial charge in [-0.2, -0.15) is 0 Å². The average molecular weight is 628 g/mol. The van der Waals surface area contributed by atoms with E-state index in [1.165, 1.54) is 22.3 Å². The van der Waals surface area contributed by atoms with Crippen molar-refractivity contribution >= 4 is 71.7 Å². The Bertz CT molecular complexity index is 2710. The minimum absolute atomic E-state index is 0.835. The van der Waals surface area contributed by atoms with Crippen LogP contribution < -0.4 is 4.90 Å². The molecule has 0 unspecified atom stereocenters. The fourth-order valence-electron chi connectivity index (χ4n) is 7.40. The summed E-state index contributed by atoms with van der Waals surface area (Å²) in [6, 6.07) is 61.9. The summed E-state index contributed by atoms with van der Waals surface area (Å²) in [5.74, 6) is 0. The van der Waals surface area contributed by atoms with Gasteiger partial charge in [-0.3, -0.25) is 0 Å². The highest BCUT2D eigenvalue weighted by Crippen LogP contribution is 2.49. The van der Waals surface area contributed by atoms with Gasteiger partial charge in [-0.1, -0.05) is 133 Å². The van der Waals surface area contributed by atoms with Crippen molar-refractivity contribution in [2.24, 2.45) is 0 Å². The molecule has 0 amide bonds. The lowest BCUT2D eigenvalue weighted by Gasteiger charge is -2.27. The van der Waals surface area contributed by atoms with Crippen LogP contribution in [-0.4, -0.2) is 0 Å². The van der Waals surface area contributed by atoms with E-state index in [0.717, 1.165) is 71.7 Å². The zero-order chi connectivity index (χ0) is 32.3. The molecule has 10 aromatic rings. The molecular formula is C46H29NO2. The molecule has 10 rings (SSSR count). The molecule has 0 fully saturated rings. The van der Waals surface area contributed by atoms with Gasteiger partial charge in [0.15, 0.2) is 0 Å². The quantitative estimate of drug-likeness (QED) is 0.190. The maximum atomic E-state index is 6.87. The van der Waals surface area contributed by atoms with Crippen LogP contribution in [0.2, 0.25) is 0 Å². The first-order valence-corrected chi connectivity index (χ1v) is 16.6. The highest BCUT2D eigenvalue weighted by atomic mass is 16.3. The van der Waals surface area contributed by atoms with Gasteiger partial charge in [-0.05, 0) is 70.1 Å². The monoisotopic (exact) mass is 627 g/mol. The van der Waals surface area contributed by atoms with Crippen molar-refractivity contribution in [3.8, 4) is 22.3 Å².